The summed E-state index contributed by atoms with van der Waals surface area (Å²) < 4.78 is 29.1. The van der Waals surface area contributed by atoms with Gasteiger partial charge in [-0.2, -0.15) is 0 Å². The third kappa shape index (κ3) is 9.47. The third-order valence-corrected chi connectivity index (χ3v) is 5.52. The van der Waals surface area contributed by atoms with Crippen molar-refractivity contribution in [3.63, 3.8) is 0 Å². The van der Waals surface area contributed by atoms with Gasteiger partial charge in [0.2, 0.25) is 0 Å². The van der Waals surface area contributed by atoms with Gasteiger partial charge in [0.25, 0.3) is 0 Å². The number of benzene rings is 2. The van der Waals surface area contributed by atoms with Crippen molar-refractivity contribution in [3.05, 3.63) is 59.2 Å². The molecular weight excluding hydrogens is 525 g/mol. The zero-order chi connectivity index (χ0) is 22.1. The maximum absolute atomic E-state index is 11.6. The first-order valence-corrected chi connectivity index (χ1v) is 12.2. The van der Waals surface area contributed by atoms with E-state index in [1.165, 1.54) is 6.26 Å². The summed E-state index contributed by atoms with van der Waals surface area (Å²) in [6, 6.07) is 13.2. The maximum atomic E-state index is 11.6. The van der Waals surface area contributed by atoms with Crippen LogP contribution in [0.1, 0.15) is 37.5 Å². The van der Waals surface area contributed by atoms with Crippen molar-refractivity contribution in [2.24, 2.45) is 4.99 Å². The molecule has 2 N–H and O–H groups in total. The van der Waals surface area contributed by atoms with Crippen LogP contribution in [0.25, 0.3) is 0 Å². The van der Waals surface area contributed by atoms with Crippen molar-refractivity contribution >= 4 is 39.8 Å². The summed E-state index contributed by atoms with van der Waals surface area (Å²) in [5.41, 5.74) is 3.27. The van der Waals surface area contributed by atoms with E-state index in [4.69, 9.17) is 9.73 Å². The second kappa shape index (κ2) is 12.9. The fraction of sp³-hybridized carbons (Fsp3) is 0.435. The molecule has 2 aromatic rings. The van der Waals surface area contributed by atoms with Gasteiger partial charge in [-0.05, 0) is 63.4 Å². The van der Waals surface area contributed by atoms with Crippen molar-refractivity contribution in [3.8, 4) is 5.75 Å². The van der Waals surface area contributed by atoms with Crippen LogP contribution in [-0.2, 0) is 22.8 Å². The van der Waals surface area contributed by atoms with Gasteiger partial charge in [-0.3, -0.25) is 0 Å². The van der Waals surface area contributed by atoms with E-state index in [0.717, 1.165) is 41.4 Å². The number of nitrogens with zero attached hydrogens (tertiary/aromatic N) is 1. The normalized spacial score (nSPS) is 11.7. The Bertz CT molecular complexity index is 959. The molecule has 0 saturated carbocycles. The Labute approximate surface area is 203 Å². The molecule has 0 heterocycles. The number of hydrogen-bond donors (Lipinski definition) is 2. The average Bonchev–Trinajstić information content (AvgIpc) is 2.66. The van der Waals surface area contributed by atoms with Crippen LogP contribution in [0.2, 0.25) is 0 Å². The van der Waals surface area contributed by atoms with E-state index in [9.17, 15) is 8.42 Å². The molecule has 0 amide bonds. The van der Waals surface area contributed by atoms with Gasteiger partial charge in [0.05, 0.1) is 17.5 Å². The van der Waals surface area contributed by atoms with Crippen LogP contribution in [0, 0.1) is 6.92 Å². The van der Waals surface area contributed by atoms with Crippen LogP contribution in [0.4, 0.5) is 0 Å². The van der Waals surface area contributed by atoms with Crippen LogP contribution in [0.15, 0.2) is 52.4 Å². The van der Waals surface area contributed by atoms with E-state index in [1.54, 1.807) is 12.1 Å². The van der Waals surface area contributed by atoms with E-state index in [0.29, 0.717) is 18.0 Å². The molecule has 31 heavy (non-hydrogen) atoms. The summed E-state index contributed by atoms with van der Waals surface area (Å²) in [4.78, 5) is 5.03. The number of sulfone groups is 1. The minimum atomic E-state index is -3.16. The number of ether oxygens (including phenoxy) is 1. The Morgan fingerprint density at radius 3 is 2.35 bits per heavy atom. The standard InChI is InChI=1S/C23H33N3O3S.HI/c1-6-24-23(25-14-13-19-8-11-21(12-9-19)30(5,27)28)26-16-20-10-7-18(4)15-22(20)29-17(2)3;/h7-12,15,17H,6,13-14,16H2,1-5H3,(H2,24,25,26);1H. The molecule has 0 aromatic heterocycles. The van der Waals surface area contributed by atoms with Crippen LogP contribution >= 0.6 is 24.0 Å². The predicted octanol–water partition coefficient (Wildman–Crippen LogP) is 4.10. The molecule has 0 atom stereocenters. The first kappa shape index (κ1) is 27.2. The van der Waals surface area contributed by atoms with Crippen molar-refractivity contribution < 1.29 is 13.2 Å². The van der Waals surface area contributed by atoms with Gasteiger partial charge in [0.1, 0.15) is 5.75 Å². The molecule has 6 nitrogen and oxygen atoms in total. The topological polar surface area (TPSA) is 79.8 Å². The minimum Gasteiger partial charge on any atom is -0.491 e. The molecule has 2 aromatic carbocycles. The zero-order valence-corrected chi connectivity index (χ0v) is 22.1. The van der Waals surface area contributed by atoms with Crippen molar-refractivity contribution in [1.82, 2.24) is 10.6 Å². The number of nitrogens with one attached hydrogen (secondary N) is 2. The fourth-order valence-corrected chi connectivity index (χ4v) is 3.52. The number of aryl methyl sites for hydroxylation is 1. The number of rotatable bonds is 9. The lowest BCUT2D eigenvalue weighted by Crippen LogP contribution is -2.38. The van der Waals surface area contributed by atoms with E-state index in [-0.39, 0.29) is 30.1 Å². The average molecular weight is 560 g/mol. The number of hydrogen-bond acceptors (Lipinski definition) is 4. The van der Waals surface area contributed by atoms with Gasteiger partial charge < -0.3 is 15.4 Å². The summed E-state index contributed by atoms with van der Waals surface area (Å²) in [6.07, 6.45) is 2.09. The molecule has 0 bridgehead atoms. The highest BCUT2D eigenvalue weighted by Crippen LogP contribution is 2.22. The van der Waals surface area contributed by atoms with Gasteiger partial charge in [-0.1, -0.05) is 24.3 Å². The second-order valence-electron chi connectivity index (χ2n) is 7.57. The van der Waals surface area contributed by atoms with Crippen LogP contribution in [-0.4, -0.2) is 39.8 Å². The minimum absolute atomic E-state index is 0. The molecule has 2 rings (SSSR count). The molecule has 0 aliphatic rings. The van der Waals surface area contributed by atoms with Gasteiger partial charge in [0.15, 0.2) is 15.8 Å². The highest BCUT2D eigenvalue weighted by atomic mass is 127. The Hall–Kier alpha value is -1.81. The Kier molecular flexibility index (Phi) is 11.3. The van der Waals surface area contributed by atoms with Crippen LogP contribution in [0.3, 0.4) is 0 Å². The molecule has 0 unspecified atom stereocenters. The third-order valence-electron chi connectivity index (χ3n) is 4.39. The zero-order valence-electron chi connectivity index (χ0n) is 18.9. The monoisotopic (exact) mass is 559 g/mol. The summed E-state index contributed by atoms with van der Waals surface area (Å²) in [6.45, 7) is 10.1. The smallest absolute Gasteiger partial charge is 0.191 e. The molecule has 0 radical (unpaired) electrons. The SMILES string of the molecule is CCNC(=NCc1ccc(C)cc1OC(C)C)NCCc1ccc(S(C)(=O)=O)cc1.I. The van der Waals surface area contributed by atoms with Gasteiger partial charge in [-0.15, -0.1) is 24.0 Å². The number of aliphatic imine (C=N–C) groups is 1. The first-order valence-electron chi connectivity index (χ1n) is 10.3. The Morgan fingerprint density at radius 1 is 1.10 bits per heavy atom. The lowest BCUT2D eigenvalue weighted by molar-refractivity contribution is 0.240. The highest BCUT2D eigenvalue weighted by molar-refractivity contribution is 14.0. The molecule has 172 valence electrons. The fourth-order valence-electron chi connectivity index (χ4n) is 2.89. The summed E-state index contributed by atoms with van der Waals surface area (Å²) in [7, 11) is -3.16. The second-order valence-corrected chi connectivity index (χ2v) is 9.58. The summed E-state index contributed by atoms with van der Waals surface area (Å²) in [5.74, 6) is 1.61. The van der Waals surface area contributed by atoms with Crippen LogP contribution < -0.4 is 15.4 Å². The lowest BCUT2D eigenvalue weighted by Gasteiger charge is -2.15. The van der Waals surface area contributed by atoms with Gasteiger partial charge in [0, 0.05) is 24.9 Å². The number of guanidine groups is 1. The Morgan fingerprint density at radius 2 is 1.77 bits per heavy atom. The van der Waals surface area contributed by atoms with Gasteiger partial charge in [-0.25, -0.2) is 13.4 Å². The quantitative estimate of drug-likeness (QED) is 0.275. The number of halogens is 1. The molecule has 0 aliphatic heterocycles. The lowest BCUT2D eigenvalue weighted by atomic mass is 10.1. The highest BCUT2D eigenvalue weighted by Gasteiger charge is 2.08. The Balaban J connectivity index is 0.00000480. The predicted molar refractivity (Wildman–Crippen MR) is 138 cm³/mol. The summed E-state index contributed by atoms with van der Waals surface area (Å²) in [5, 5.41) is 6.59. The largest absolute Gasteiger partial charge is 0.491 e. The molecule has 8 heteroatoms. The van der Waals surface area contributed by atoms with Crippen molar-refractivity contribution in [2.45, 2.75) is 51.7 Å². The molecule has 0 aliphatic carbocycles. The van der Waals surface area contributed by atoms with E-state index in [1.807, 2.05) is 45.9 Å². The molecule has 0 fully saturated rings. The van der Waals surface area contributed by atoms with E-state index < -0.39 is 9.84 Å². The van der Waals surface area contributed by atoms with Crippen LogP contribution in [0.5, 0.6) is 5.75 Å². The molecule has 0 spiro atoms. The maximum Gasteiger partial charge on any atom is 0.191 e. The summed E-state index contributed by atoms with van der Waals surface area (Å²) >= 11 is 0. The van der Waals surface area contributed by atoms with E-state index >= 15 is 0 Å². The first-order chi connectivity index (χ1) is 14.2. The van der Waals surface area contributed by atoms with Crippen molar-refractivity contribution in [2.75, 3.05) is 19.3 Å². The van der Waals surface area contributed by atoms with Crippen molar-refractivity contribution in [1.29, 1.82) is 0 Å². The van der Waals surface area contributed by atoms with Gasteiger partial charge >= 0.3 is 0 Å². The molecular formula is C23H34IN3O3S. The molecule has 0 saturated heterocycles. The van der Waals surface area contributed by atoms with E-state index in [2.05, 4.69) is 22.8 Å².